The Balaban J connectivity index is 2.07. The molecule has 0 spiro atoms. The smallest absolute Gasteiger partial charge is 0.166 e. The SMILES string of the molecule is CCNCCCCCCOc1ccc(Br)cc1F. The predicted octanol–water partition coefficient (Wildman–Crippen LogP) is 4.14. The number of benzene rings is 1. The van der Waals surface area contributed by atoms with Crippen LogP contribution in [-0.2, 0) is 0 Å². The van der Waals surface area contributed by atoms with Crippen LogP contribution in [0, 0.1) is 5.82 Å². The zero-order valence-electron chi connectivity index (χ0n) is 10.8. The van der Waals surface area contributed by atoms with E-state index in [-0.39, 0.29) is 5.82 Å². The topological polar surface area (TPSA) is 21.3 Å². The molecule has 0 atom stereocenters. The number of ether oxygens (including phenoxy) is 1. The lowest BCUT2D eigenvalue weighted by atomic mass is 10.2. The predicted molar refractivity (Wildman–Crippen MR) is 76.6 cm³/mol. The maximum atomic E-state index is 13.4. The summed E-state index contributed by atoms with van der Waals surface area (Å²) in [5.41, 5.74) is 0. The van der Waals surface area contributed by atoms with Crippen molar-refractivity contribution in [3.05, 3.63) is 28.5 Å². The Kier molecular flexibility index (Phi) is 8.01. The Hall–Kier alpha value is -0.610. The van der Waals surface area contributed by atoms with Gasteiger partial charge in [-0.2, -0.15) is 0 Å². The lowest BCUT2D eigenvalue weighted by Gasteiger charge is -2.07. The number of rotatable bonds is 9. The molecule has 102 valence electrons. The molecule has 0 unspecified atom stereocenters. The van der Waals surface area contributed by atoms with Crippen LogP contribution in [-0.4, -0.2) is 19.7 Å². The fraction of sp³-hybridized carbons (Fsp3) is 0.571. The number of hydrogen-bond acceptors (Lipinski definition) is 2. The monoisotopic (exact) mass is 317 g/mol. The van der Waals surface area contributed by atoms with E-state index < -0.39 is 0 Å². The Morgan fingerprint density at radius 1 is 1.22 bits per heavy atom. The Morgan fingerprint density at radius 2 is 2.00 bits per heavy atom. The largest absolute Gasteiger partial charge is 0.491 e. The number of nitrogens with one attached hydrogen (secondary N) is 1. The average molecular weight is 318 g/mol. The van der Waals surface area contributed by atoms with Gasteiger partial charge in [-0.25, -0.2) is 4.39 Å². The Morgan fingerprint density at radius 3 is 2.72 bits per heavy atom. The Labute approximate surface area is 117 Å². The van der Waals surface area contributed by atoms with E-state index in [2.05, 4.69) is 28.2 Å². The second-order valence-corrected chi connectivity index (χ2v) is 5.11. The third kappa shape index (κ3) is 6.36. The molecule has 1 aromatic carbocycles. The summed E-state index contributed by atoms with van der Waals surface area (Å²) >= 11 is 3.22. The molecule has 0 heterocycles. The second-order valence-electron chi connectivity index (χ2n) is 4.19. The lowest BCUT2D eigenvalue weighted by molar-refractivity contribution is 0.290. The van der Waals surface area contributed by atoms with Gasteiger partial charge in [0.1, 0.15) is 0 Å². The van der Waals surface area contributed by atoms with Crippen molar-refractivity contribution in [2.45, 2.75) is 32.6 Å². The van der Waals surface area contributed by atoms with Gasteiger partial charge in [0.05, 0.1) is 6.61 Å². The molecular weight excluding hydrogens is 297 g/mol. The van der Waals surface area contributed by atoms with E-state index in [1.807, 2.05) is 0 Å². The van der Waals surface area contributed by atoms with Gasteiger partial charge in [0.25, 0.3) is 0 Å². The summed E-state index contributed by atoms with van der Waals surface area (Å²) < 4.78 is 19.5. The standard InChI is InChI=1S/C14H21BrFNO/c1-2-17-9-5-3-4-6-10-18-14-8-7-12(15)11-13(14)16/h7-8,11,17H,2-6,9-10H2,1H3. The van der Waals surface area contributed by atoms with Crippen molar-refractivity contribution < 1.29 is 9.13 Å². The molecule has 2 nitrogen and oxygen atoms in total. The Bertz CT molecular complexity index is 347. The molecule has 18 heavy (non-hydrogen) atoms. The molecule has 0 saturated carbocycles. The van der Waals surface area contributed by atoms with Crippen molar-refractivity contribution in [3.8, 4) is 5.75 Å². The summed E-state index contributed by atoms with van der Waals surface area (Å²) in [5, 5.41) is 3.29. The van der Waals surface area contributed by atoms with E-state index in [1.165, 1.54) is 18.9 Å². The molecule has 0 amide bonds. The molecule has 0 aliphatic heterocycles. The number of unbranched alkanes of at least 4 members (excludes halogenated alkanes) is 3. The first-order chi connectivity index (χ1) is 8.74. The minimum atomic E-state index is -0.309. The van der Waals surface area contributed by atoms with E-state index in [0.29, 0.717) is 12.4 Å². The summed E-state index contributed by atoms with van der Waals surface area (Å²) in [6.07, 6.45) is 4.49. The molecule has 0 fully saturated rings. The highest BCUT2D eigenvalue weighted by molar-refractivity contribution is 9.10. The van der Waals surface area contributed by atoms with Crippen LogP contribution in [0.15, 0.2) is 22.7 Å². The average Bonchev–Trinajstić information content (AvgIpc) is 2.35. The summed E-state index contributed by atoms with van der Waals surface area (Å²) in [5.74, 6) is 0.0300. The van der Waals surface area contributed by atoms with Gasteiger partial charge >= 0.3 is 0 Å². The number of hydrogen-bond donors (Lipinski definition) is 1. The minimum Gasteiger partial charge on any atom is -0.491 e. The van der Waals surface area contributed by atoms with Gasteiger partial charge in [-0.15, -0.1) is 0 Å². The molecule has 0 radical (unpaired) electrons. The van der Waals surface area contributed by atoms with Gasteiger partial charge in [0.15, 0.2) is 11.6 Å². The van der Waals surface area contributed by atoms with Crippen molar-refractivity contribution in [2.24, 2.45) is 0 Å². The van der Waals surface area contributed by atoms with Crippen LogP contribution < -0.4 is 10.1 Å². The molecule has 0 saturated heterocycles. The van der Waals surface area contributed by atoms with Crippen molar-refractivity contribution in [1.29, 1.82) is 0 Å². The minimum absolute atomic E-state index is 0.309. The van der Waals surface area contributed by atoms with E-state index in [9.17, 15) is 4.39 Å². The fourth-order valence-corrected chi connectivity index (χ4v) is 1.99. The molecule has 0 bridgehead atoms. The lowest BCUT2D eigenvalue weighted by Crippen LogP contribution is -2.13. The highest BCUT2D eigenvalue weighted by Crippen LogP contribution is 2.21. The molecule has 0 aliphatic carbocycles. The van der Waals surface area contributed by atoms with Gasteiger partial charge in [-0.3, -0.25) is 0 Å². The normalized spacial score (nSPS) is 10.6. The van der Waals surface area contributed by atoms with E-state index in [4.69, 9.17) is 4.74 Å². The van der Waals surface area contributed by atoms with Crippen LogP contribution in [0.2, 0.25) is 0 Å². The first kappa shape index (κ1) is 15.4. The second kappa shape index (κ2) is 9.34. The molecule has 4 heteroatoms. The van der Waals surface area contributed by atoms with E-state index >= 15 is 0 Å². The molecular formula is C14H21BrFNO. The fourth-order valence-electron chi connectivity index (χ4n) is 1.66. The molecule has 0 aliphatic rings. The van der Waals surface area contributed by atoms with Crippen molar-refractivity contribution in [2.75, 3.05) is 19.7 Å². The van der Waals surface area contributed by atoms with Crippen LogP contribution in [0.1, 0.15) is 32.6 Å². The third-order valence-electron chi connectivity index (χ3n) is 2.65. The summed E-state index contributed by atoms with van der Waals surface area (Å²) in [6.45, 7) is 4.81. The quantitative estimate of drug-likeness (QED) is 0.691. The maximum absolute atomic E-state index is 13.4. The first-order valence-corrected chi connectivity index (χ1v) is 7.32. The summed E-state index contributed by atoms with van der Waals surface area (Å²) in [4.78, 5) is 0. The van der Waals surface area contributed by atoms with E-state index in [0.717, 1.165) is 30.4 Å². The van der Waals surface area contributed by atoms with Gasteiger partial charge in [0.2, 0.25) is 0 Å². The van der Waals surface area contributed by atoms with Crippen LogP contribution >= 0.6 is 15.9 Å². The van der Waals surface area contributed by atoms with Gasteiger partial charge in [0, 0.05) is 4.47 Å². The summed E-state index contributed by atoms with van der Waals surface area (Å²) in [6, 6.07) is 4.87. The van der Waals surface area contributed by atoms with Crippen molar-refractivity contribution in [1.82, 2.24) is 5.32 Å². The van der Waals surface area contributed by atoms with Crippen LogP contribution in [0.4, 0.5) is 4.39 Å². The molecule has 1 rings (SSSR count). The van der Waals surface area contributed by atoms with Crippen molar-refractivity contribution in [3.63, 3.8) is 0 Å². The zero-order chi connectivity index (χ0) is 13.2. The van der Waals surface area contributed by atoms with E-state index in [1.54, 1.807) is 12.1 Å². The third-order valence-corrected chi connectivity index (χ3v) is 3.14. The van der Waals surface area contributed by atoms with Gasteiger partial charge in [-0.05, 0) is 44.1 Å². The highest BCUT2D eigenvalue weighted by atomic mass is 79.9. The molecule has 0 aromatic heterocycles. The summed E-state index contributed by atoms with van der Waals surface area (Å²) in [7, 11) is 0. The van der Waals surface area contributed by atoms with Crippen LogP contribution in [0.5, 0.6) is 5.75 Å². The van der Waals surface area contributed by atoms with Gasteiger partial charge < -0.3 is 10.1 Å². The molecule has 1 aromatic rings. The van der Waals surface area contributed by atoms with Crippen LogP contribution in [0.25, 0.3) is 0 Å². The number of halogens is 2. The highest BCUT2D eigenvalue weighted by Gasteiger charge is 2.03. The maximum Gasteiger partial charge on any atom is 0.166 e. The van der Waals surface area contributed by atoms with Crippen molar-refractivity contribution >= 4 is 15.9 Å². The zero-order valence-corrected chi connectivity index (χ0v) is 12.4. The van der Waals surface area contributed by atoms with Crippen LogP contribution in [0.3, 0.4) is 0 Å². The molecule has 1 N–H and O–H groups in total. The van der Waals surface area contributed by atoms with Gasteiger partial charge in [-0.1, -0.05) is 35.7 Å². The first-order valence-electron chi connectivity index (χ1n) is 6.52.